The monoisotopic (exact) mass is 530 g/mol. The fourth-order valence-corrected chi connectivity index (χ4v) is 4.75. The summed E-state index contributed by atoms with van der Waals surface area (Å²) in [7, 11) is -3.77. The molecule has 14 heteroatoms. The summed E-state index contributed by atoms with van der Waals surface area (Å²) in [6.07, 6.45) is -11.1. The van der Waals surface area contributed by atoms with Crippen LogP contribution in [0, 0.1) is 0 Å². The van der Waals surface area contributed by atoms with Crippen LogP contribution < -0.4 is 10.0 Å². The highest BCUT2D eigenvalue weighted by molar-refractivity contribution is 7.89. The van der Waals surface area contributed by atoms with Crippen molar-refractivity contribution in [3.63, 3.8) is 0 Å². The standard InChI is InChI=1S/C20H17ClF6N2O4S/c21-16-10-13(6-7-15(16)18(31,19(22,23)24)20(25,26)27)28-17(30)9-11-2-1-3-14(8-11)34(32,33)29-12-4-5-12/h1-3,6-8,10,12,29,31H,4-5,9H2,(H,28,30). The normalized spacial score (nSPS) is 15.3. The van der Waals surface area contributed by atoms with Gasteiger partial charge in [0.15, 0.2) is 0 Å². The zero-order valence-corrected chi connectivity index (χ0v) is 18.5. The van der Waals surface area contributed by atoms with Crippen LogP contribution >= 0.6 is 11.6 Å². The van der Waals surface area contributed by atoms with Crippen molar-refractivity contribution >= 4 is 33.2 Å². The van der Waals surface area contributed by atoms with E-state index in [4.69, 9.17) is 11.6 Å². The Balaban J connectivity index is 1.76. The van der Waals surface area contributed by atoms with Crippen LogP contribution in [0.15, 0.2) is 47.4 Å². The first-order valence-corrected chi connectivity index (χ1v) is 11.5. The number of anilines is 1. The number of rotatable bonds is 7. The second-order valence-electron chi connectivity index (χ2n) is 7.67. The Morgan fingerprint density at radius 1 is 1.03 bits per heavy atom. The molecule has 3 rings (SSSR count). The van der Waals surface area contributed by atoms with Crippen LogP contribution in [0.1, 0.15) is 24.0 Å². The van der Waals surface area contributed by atoms with Crippen LogP contribution in [0.5, 0.6) is 0 Å². The summed E-state index contributed by atoms with van der Waals surface area (Å²) in [5.74, 6) is -0.740. The molecule has 0 unspecified atom stereocenters. The number of carbonyl (C=O) groups excluding carboxylic acids is 1. The molecule has 2 aromatic carbocycles. The maximum absolute atomic E-state index is 13.1. The molecule has 0 saturated heterocycles. The van der Waals surface area contributed by atoms with E-state index in [-0.39, 0.29) is 23.0 Å². The molecule has 0 atom stereocenters. The van der Waals surface area contributed by atoms with E-state index in [9.17, 15) is 44.7 Å². The number of aliphatic hydroxyl groups is 1. The van der Waals surface area contributed by atoms with Gasteiger partial charge in [-0.1, -0.05) is 29.8 Å². The minimum absolute atomic E-state index is 0.0596. The second-order valence-corrected chi connectivity index (χ2v) is 9.79. The number of halogens is 7. The highest BCUT2D eigenvalue weighted by Crippen LogP contribution is 2.52. The topological polar surface area (TPSA) is 95.5 Å². The predicted octanol–water partition coefficient (Wildman–Crippen LogP) is 4.27. The van der Waals surface area contributed by atoms with Crippen molar-refractivity contribution in [2.45, 2.75) is 48.2 Å². The summed E-state index contributed by atoms with van der Waals surface area (Å²) in [4.78, 5) is 12.3. The molecule has 0 bridgehead atoms. The summed E-state index contributed by atoms with van der Waals surface area (Å²) in [5, 5.41) is 10.7. The van der Waals surface area contributed by atoms with Gasteiger partial charge in [0, 0.05) is 22.3 Å². The largest absolute Gasteiger partial charge is 0.430 e. The lowest BCUT2D eigenvalue weighted by Crippen LogP contribution is -2.54. The van der Waals surface area contributed by atoms with Gasteiger partial charge in [0.05, 0.1) is 11.3 Å². The summed E-state index contributed by atoms with van der Waals surface area (Å²) in [6.45, 7) is 0. The summed E-state index contributed by atoms with van der Waals surface area (Å²) in [5.41, 5.74) is -6.79. The lowest BCUT2D eigenvalue weighted by molar-refractivity contribution is -0.376. The van der Waals surface area contributed by atoms with E-state index in [2.05, 4.69) is 10.0 Å². The van der Waals surface area contributed by atoms with Gasteiger partial charge in [0.1, 0.15) is 0 Å². The third kappa shape index (κ3) is 5.48. The third-order valence-corrected chi connectivity index (χ3v) is 6.77. The quantitative estimate of drug-likeness (QED) is 0.466. The molecule has 0 aliphatic heterocycles. The third-order valence-electron chi connectivity index (χ3n) is 4.94. The number of benzene rings is 2. The summed E-state index contributed by atoms with van der Waals surface area (Å²) < 4.78 is 105. The smallest absolute Gasteiger partial charge is 0.369 e. The number of hydrogen-bond acceptors (Lipinski definition) is 4. The highest BCUT2D eigenvalue weighted by atomic mass is 35.5. The Bertz CT molecular complexity index is 1180. The van der Waals surface area contributed by atoms with Gasteiger partial charge in [-0.25, -0.2) is 13.1 Å². The molecule has 186 valence electrons. The molecule has 34 heavy (non-hydrogen) atoms. The molecule has 0 aromatic heterocycles. The van der Waals surface area contributed by atoms with Gasteiger partial charge in [-0.3, -0.25) is 4.79 Å². The Labute approximate surface area is 195 Å². The first kappa shape index (κ1) is 26.3. The second kappa shape index (κ2) is 9.02. The van der Waals surface area contributed by atoms with Gasteiger partial charge in [-0.05, 0) is 42.7 Å². The fourth-order valence-electron chi connectivity index (χ4n) is 3.05. The Hall–Kier alpha value is -2.35. The summed E-state index contributed by atoms with van der Waals surface area (Å²) in [6, 6.07) is 7.05. The van der Waals surface area contributed by atoms with E-state index >= 15 is 0 Å². The van der Waals surface area contributed by atoms with Gasteiger partial charge in [-0.2, -0.15) is 26.3 Å². The average molecular weight is 531 g/mol. The van der Waals surface area contributed by atoms with Crippen LogP contribution in [-0.2, 0) is 26.8 Å². The van der Waals surface area contributed by atoms with Crippen LogP contribution in [-0.4, -0.2) is 37.8 Å². The number of nitrogens with one attached hydrogen (secondary N) is 2. The van der Waals surface area contributed by atoms with E-state index in [0.29, 0.717) is 17.7 Å². The van der Waals surface area contributed by atoms with Crippen molar-refractivity contribution < 1.29 is 44.7 Å². The molecule has 1 aliphatic rings. The van der Waals surface area contributed by atoms with Crippen molar-refractivity contribution in [3.05, 3.63) is 58.6 Å². The fraction of sp³-hybridized carbons (Fsp3) is 0.350. The van der Waals surface area contributed by atoms with Crippen LogP contribution in [0.3, 0.4) is 0 Å². The van der Waals surface area contributed by atoms with Gasteiger partial charge in [0.25, 0.3) is 5.60 Å². The van der Waals surface area contributed by atoms with Crippen molar-refractivity contribution in [2.24, 2.45) is 0 Å². The Morgan fingerprint density at radius 3 is 2.18 bits per heavy atom. The molecule has 0 spiro atoms. The van der Waals surface area contributed by atoms with Gasteiger partial charge in [-0.15, -0.1) is 0 Å². The van der Waals surface area contributed by atoms with E-state index in [1.165, 1.54) is 24.3 Å². The maximum Gasteiger partial charge on any atom is 0.430 e. The van der Waals surface area contributed by atoms with Gasteiger partial charge < -0.3 is 10.4 Å². The number of alkyl halides is 6. The van der Waals surface area contributed by atoms with E-state index in [0.717, 1.165) is 18.9 Å². The molecule has 1 saturated carbocycles. The predicted molar refractivity (Wildman–Crippen MR) is 110 cm³/mol. The van der Waals surface area contributed by atoms with Crippen molar-refractivity contribution in [1.29, 1.82) is 0 Å². The van der Waals surface area contributed by atoms with Gasteiger partial charge in [0.2, 0.25) is 15.9 Å². The molecular weight excluding hydrogens is 514 g/mol. The molecule has 0 heterocycles. The molecule has 1 aliphatic carbocycles. The minimum atomic E-state index is -6.11. The van der Waals surface area contributed by atoms with Crippen molar-refractivity contribution in [1.82, 2.24) is 4.72 Å². The first-order chi connectivity index (χ1) is 15.5. The van der Waals surface area contributed by atoms with Gasteiger partial charge >= 0.3 is 12.4 Å². The minimum Gasteiger partial charge on any atom is -0.369 e. The van der Waals surface area contributed by atoms with Crippen molar-refractivity contribution in [2.75, 3.05) is 5.32 Å². The van der Waals surface area contributed by atoms with Crippen LogP contribution in [0.25, 0.3) is 0 Å². The van der Waals surface area contributed by atoms with E-state index in [1.807, 2.05) is 0 Å². The number of amides is 1. The molecule has 2 aromatic rings. The number of carbonyl (C=O) groups is 1. The lowest BCUT2D eigenvalue weighted by atomic mass is 9.92. The molecule has 1 amide bonds. The van der Waals surface area contributed by atoms with Crippen molar-refractivity contribution in [3.8, 4) is 0 Å². The Kier molecular flexibility index (Phi) is 6.97. The number of sulfonamides is 1. The number of hydrogen-bond donors (Lipinski definition) is 3. The highest BCUT2D eigenvalue weighted by Gasteiger charge is 2.72. The zero-order valence-electron chi connectivity index (χ0n) is 17.0. The molecule has 0 radical (unpaired) electrons. The molecular formula is C20H17ClF6N2O4S. The molecule has 1 fully saturated rings. The summed E-state index contributed by atoms with van der Waals surface area (Å²) >= 11 is 5.60. The zero-order chi connectivity index (χ0) is 25.5. The Morgan fingerprint density at radius 2 is 1.65 bits per heavy atom. The van der Waals surface area contributed by atoms with E-state index in [1.54, 1.807) is 0 Å². The molecule has 3 N–H and O–H groups in total. The van der Waals surface area contributed by atoms with Crippen LogP contribution in [0.4, 0.5) is 32.0 Å². The van der Waals surface area contributed by atoms with E-state index < -0.39 is 44.5 Å². The van der Waals surface area contributed by atoms with Crippen LogP contribution in [0.2, 0.25) is 5.02 Å². The first-order valence-electron chi connectivity index (χ1n) is 9.61. The lowest BCUT2D eigenvalue weighted by Gasteiger charge is -2.33. The molecule has 6 nitrogen and oxygen atoms in total. The average Bonchev–Trinajstić information content (AvgIpc) is 3.49. The maximum atomic E-state index is 13.1. The SMILES string of the molecule is O=C(Cc1cccc(S(=O)(=O)NC2CC2)c1)Nc1ccc(C(O)(C(F)(F)F)C(F)(F)F)c(Cl)c1.